The molecule has 1 unspecified atom stereocenters. The highest BCUT2D eigenvalue weighted by Crippen LogP contribution is 2.29. The van der Waals surface area contributed by atoms with Crippen molar-refractivity contribution in [3.8, 4) is 0 Å². The van der Waals surface area contributed by atoms with E-state index in [4.69, 9.17) is 17.0 Å². The molecule has 0 radical (unpaired) electrons. The number of anilines is 2. The van der Waals surface area contributed by atoms with Gasteiger partial charge in [0, 0.05) is 37.6 Å². The van der Waals surface area contributed by atoms with Gasteiger partial charge < -0.3 is 19.9 Å². The van der Waals surface area contributed by atoms with Crippen LogP contribution in [0.15, 0.2) is 54.6 Å². The van der Waals surface area contributed by atoms with E-state index < -0.39 is 0 Å². The van der Waals surface area contributed by atoms with Crippen molar-refractivity contribution in [3.63, 3.8) is 0 Å². The fraction of sp³-hybridized carbons (Fsp3) is 0.278. The van der Waals surface area contributed by atoms with Crippen LogP contribution in [0, 0.1) is 0 Å². The van der Waals surface area contributed by atoms with Crippen LogP contribution < -0.4 is 10.2 Å². The van der Waals surface area contributed by atoms with E-state index in [1.54, 1.807) is 0 Å². The predicted octanol–water partition coefficient (Wildman–Crippen LogP) is 3.48. The molecule has 1 heterocycles. The molecule has 0 amide bonds. The van der Waals surface area contributed by atoms with Gasteiger partial charge in [0.15, 0.2) is 11.3 Å². The van der Waals surface area contributed by atoms with Crippen molar-refractivity contribution in [2.24, 2.45) is 0 Å². The number of hydrogen-bond acceptors (Lipinski definition) is 3. The molecule has 0 bridgehead atoms. The Hall–Kier alpha value is -2.11. The van der Waals surface area contributed by atoms with Crippen LogP contribution in [0.5, 0.6) is 0 Å². The Morgan fingerprint density at radius 2 is 1.83 bits per heavy atom. The molecule has 5 heteroatoms. The largest absolute Gasteiger partial charge is 0.378 e. The van der Waals surface area contributed by atoms with Gasteiger partial charge in [-0.1, -0.05) is 30.3 Å². The molecule has 0 saturated carbocycles. The third-order valence-corrected chi connectivity index (χ3v) is 4.21. The Bertz CT molecular complexity index is 658. The molecule has 23 heavy (non-hydrogen) atoms. The number of nitrogens with one attached hydrogen (secondary N) is 1. The molecule has 1 fully saturated rings. The zero-order valence-corrected chi connectivity index (χ0v) is 14.2. The van der Waals surface area contributed by atoms with E-state index in [-0.39, 0.29) is 6.23 Å². The molecule has 2 aromatic carbocycles. The second-order valence-corrected chi connectivity index (χ2v) is 6.09. The van der Waals surface area contributed by atoms with E-state index in [2.05, 4.69) is 39.4 Å². The molecule has 1 atom stereocenters. The summed E-state index contributed by atoms with van der Waals surface area (Å²) in [4.78, 5) is 4.17. The van der Waals surface area contributed by atoms with Crippen LogP contribution >= 0.6 is 12.2 Å². The lowest BCUT2D eigenvalue weighted by Gasteiger charge is -2.26. The summed E-state index contributed by atoms with van der Waals surface area (Å²) >= 11 is 5.57. The molecule has 1 N–H and O–H groups in total. The molecule has 0 aliphatic carbocycles. The van der Waals surface area contributed by atoms with Crippen molar-refractivity contribution >= 4 is 28.7 Å². The topological polar surface area (TPSA) is 27.7 Å². The monoisotopic (exact) mass is 327 g/mol. The zero-order valence-electron chi connectivity index (χ0n) is 13.4. The average Bonchev–Trinajstić information content (AvgIpc) is 3.05. The molecule has 1 aliphatic heterocycles. The standard InChI is InChI=1S/C18H21N3OS/c1-20(2)16-10-8-14(9-11-16)17-21(12-13-22-17)18(23)19-15-6-4-3-5-7-15/h3-11,17H,12-13H2,1-2H3,(H,19,23). The zero-order chi connectivity index (χ0) is 16.2. The smallest absolute Gasteiger partial charge is 0.175 e. The lowest BCUT2D eigenvalue weighted by atomic mass is 10.1. The first kappa shape index (κ1) is 15.8. The van der Waals surface area contributed by atoms with Crippen molar-refractivity contribution in [2.45, 2.75) is 6.23 Å². The van der Waals surface area contributed by atoms with Crippen LogP contribution in [0.1, 0.15) is 11.8 Å². The van der Waals surface area contributed by atoms with E-state index in [1.165, 1.54) is 5.69 Å². The van der Waals surface area contributed by atoms with Gasteiger partial charge in [-0.3, -0.25) is 0 Å². The van der Waals surface area contributed by atoms with Crippen molar-refractivity contribution in [2.75, 3.05) is 37.5 Å². The summed E-state index contributed by atoms with van der Waals surface area (Å²) in [5.41, 5.74) is 3.28. The van der Waals surface area contributed by atoms with Gasteiger partial charge in [0.1, 0.15) is 0 Å². The highest BCUT2D eigenvalue weighted by atomic mass is 32.1. The first-order chi connectivity index (χ1) is 11.1. The quantitative estimate of drug-likeness (QED) is 0.871. The van der Waals surface area contributed by atoms with E-state index in [0.717, 1.165) is 17.8 Å². The molecule has 0 aromatic heterocycles. The van der Waals surface area contributed by atoms with Crippen LogP contribution in [0.25, 0.3) is 0 Å². The van der Waals surface area contributed by atoms with E-state index in [0.29, 0.717) is 11.7 Å². The Morgan fingerprint density at radius 3 is 2.48 bits per heavy atom. The number of hydrogen-bond donors (Lipinski definition) is 1. The van der Waals surface area contributed by atoms with E-state index in [9.17, 15) is 0 Å². The van der Waals surface area contributed by atoms with Gasteiger partial charge in [-0.05, 0) is 36.5 Å². The predicted molar refractivity (Wildman–Crippen MR) is 98.8 cm³/mol. The maximum absolute atomic E-state index is 5.90. The third-order valence-electron chi connectivity index (χ3n) is 3.87. The molecule has 3 rings (SSSR count). The molecule has 4 nitrogen and oxygen atoms in total. The Kier molecular flexibility index (Phi) is 4.79. The van der Waals surface area contributed by atoms with Gasteiger partial charge in [0.05, 0.1) is 6.61 Å². The van der Waals surface area contributed by atoms with Gasteiger partial charge in [0.2, 0.25) is 0 Å². The highest BCUT2D eigenvalue weighted by molar-refractivity contribution is 7.80. The van der Waals surface area contributed by atoms with E-state index in [1.807, 2.05) is 44.4 Å². The minimum atomic E-state index is -0.130. The minimum absolute atomic E-state index is 0.130. The number of nitrogens with zero attached hydrogens (tertiary/aromatic N) is 2. The average molecular weight is 327 g/mol. The Morgan fingerprint density at radius 1 is 1.13 bits per heavy atom. The second kappa shape index (κ2) is 6.98. The molecule has 1 saturated heterocycles. The Balaban J connectivity index is 1.73. The van der Waals surface area contributed by atoms with Crippen LogP contribution in [0.3, 0.4) is 0 Å². The van der Waals surface area contributed by atoms with Crippen LogP contribution in [-0.2, 0) is 4.74 Å². The fourth-order valence-corrected chi connectivity index (χ4v) is 2.91. The summed E-state index contributed by atoms with van der Waals surface area (Å²) in [6.07, 6.45) is -0.130. The summed E-state index contributed by atoms with van der Waals surface area (Å²) in [6, 6.07) is 18.4. The molecule has 120 valence electrons. The van der Waals surface area contributed by atoms with Gasteiger partial charge in [0.25, 0.3) is 0 Å². The first-order valence-electron chi connectivity index (χ1n) is 7.67. The number of para-hydroxylation sites is 1. The summed E-state index contributed by atoms with van der Waals surface area (Å²) in [7, 11) is 4.07. The molecule has 2 aromatic rings. The van der Waals surface area contributed by atoms with Gasteiger partial charge in [-0.2, -0.15) is 0 Å². The summed E-state index contributed by atoms with van der Waals surface area (Å²) in [6.45, 7) is 1.47. The number of thiocarbonyl (C=S) groups is 1. The maximum atomic E-state index is 5.90. The van der Waals surface area contributed by atoms with Gasteiger partial charge >= 0.3 is 0 Å². The molecule has 1 aliphatic rings. The van der Waals surface area contributed by atoms with Crippen molar-refractivity contribution in [1.82, 2.24) is 4.90 Å². The van der Waals surface area contributed by atoms with Crippen LogP contribution in [0.4, 0.5) is 11.4 Å². The van der Waals surface area contributed by atoms with Gasteiger partial charge in [-0.15, -0.1) is 0 Å². The maximum Gasteiger partial charge on any atom is 0.175 e. The van der Waals surface area contributed by atoms with Gasteiger partial charge in [-0.25, -0.2) is 0 Å². The van der Waals surface area contributed by atoms with Crippen molar-refractivity contribution in [1.29, 1.82) is 0 Å². The molecular formula is C18H21N3OS. The second-order valence-electron chi connectivity index (χ2n) is 5.70. The van der Waals surface area contributed by atoms with E-state index >= 15 is 0 Å². The van der Waals surface area contributed by atoms with Crippen molar-refractivity contribution < 1.29 is 4.74 Å². The normalized spacial score (nSPS) is 17.1. The first-order valence-corrected chi connectivity index (χ1v) is 8.07. The molecular weight excluding hydrogens is 306 g/mol. The highest BCUT2D eigenvalue weighted by Gasteiger charge is 2.28. The molecule has 0 spiro atoms. The van der Waals surface area contributed by atoms with Crippen LogP contribution in [0.2, 0.25) is 0 Å². The summed E-state index contributed by atoms with van der Waals surface area (Å²) < 4.78 is 5.90. The van der Waals surface area contributed by atoms with Crippen LogP contribution in [-0.4, -0.2) is 37.3 Å². The lowest BCUT2D eigenvalue weighted by molar-refractivity contribution is 0.0642. The third kappa shape index (κ3) is 3.63. The Labute approximate surface area is 142 Å². The number of ether oxygens (including phenoxy) is 1. The SMILES string of the molecule is CN(C)c1ccc(C2OCCN2C(=S)Nc2ccccc2)cc1. The van der Waals surface area contributed by atoms with Crippen molar-refractivity contribution in [3.05, 3.63) is 60.2 Å². The summed E-state index contributed by atoms with van der Waals surface area (Å²) in [5, 5.41) is 3.97. The minimum Gasteiger partial charge on any atom is -0.378 e. The fourth-order valence-electron chi connectivity index (χ4n) is 2.61. The number of rotatable bonds is 3. The number of benzene rings is 2. The summed E-state index contributed by atoms with van der Waals surface area (Å²) in [5.74, 6) is 0. The lowest BCUT2D eigenvalue weighted by Crippen LogP contribution is -2.34.